The van der Waals surface area contributed by atoms with Crippen molar-refractivity contribution in [2.24, 2.45) is 5.73 Å². The second kappa shape index (κ2) is 14.4. The molecule has 3 aromatic carbocycles. The number of primary amides is 1. The van der Waals surface area contributed by atoms with Gasteiger partial charge in [0.2, 0.25) is 17.7 Å². The van der Waals surface area contributed by atoms with E-state index in [-0.39, 0.29) is 25.4 Å². The van der Waals surface area contributed by atoms with Crippen LogP contribution in [0.15, 0.2) is 91.0 Å². The van der Waals surface area contributed by atoms with Crippen LogP contribution in [0.1, 0.15) is 30.9 Å². The molecule has 0 spiro atoms. The first-order chi connectivity index (χ1) is 18.3. The number of rotatable bonds is 14. The van der Waals surface area contributed by atoms with Crippen LogP contribution in [-0.4, -0.2) is 42.2 Å². The van der Waals surface area contributed by atoms with Crippen LogP contribution in [0.25, 0.3) is 0 Å². The van der Waals surface area contributed by atoms with Gasteiger partial charge in [-0.3, -0.25) is 19.2 Å². The second-order valence-electron chi connectivity index (χ2n) is 8.94. The molecule has 0 fully saturated rings. The molecule has 0 saturated carbocycles. The Bertz CT molecular complexity index is 1200. The molecule has 2 atom stereocenters. The highest BCUT2D eigenvalue weighted by Gasteiger charge is 2.33. The van der Waals surface area contributed by atoms with Crippen LogP contribution in [0.2, 0.25) is 0 Å². The number of Topliss-reactive ketones (excluding diaryl/α,β-unsaturated/α-hetero) is 1. The minimum Gasteiger partial charge on any atom is -0.369 e. The Kier molecular flexibility index (Phi) is 10.7. The molecule has 3 rings (SSSR count). The van der Waals surface area contributed by atoms with Crippen molar-refractivity contribution < 1.29 is 23.9 Å². The van der Waals surface area contributed by atoms with Crippen LogP contribution in [-0.2, 0) is 36.9 Å². The number of nitrogens with zero attached hydrogens (tertiary/aromatic N) is 1. The number of ketones is 1. The molecule has 0 radical (unpaired) electrons. The van der Waals surface area contributed by atoms with Gasteiger partial charge in [0, 0.05) is 12.6 Å². The first kappa shape index (κ1) is 28.3. The molecule has 1 unspecified atom stereocenters. The predicted octanol–water partition coefficient (Wildman–Crippen LogP) is 3.19. The third-order valence-corrected chi connectivity index (χ3v) is 5.99. The van der Waals surface area contributed by atoms with Crippen LogP contribution >= 0.6 is 0 Å². The molecule has 3 N–H and O–H groups in total. The molecule has 3 amide bonds. The van der Waals surface area contributed by atoms with Gasteiger partial charge in [-0.05, 0) is 36.1 Å². The number of benzene rings is 3. The van der Waals surface area contributed by atoms with E-state index in [1.165, 1.54) is 11.8 Å². The standard InChI is InChI=1S/C30H33N3O5/c1-22(34)32-26(30(31)37)19-29(36)33(25-15-9-4-10-16-25)27(18-17-23-11-5-2-6-12-23)28(35)21-38-20-24-13-7-3-8-14-24/h2-16,26-27H,17-21H2,1H3,(H2,31,37)(H,32,34)/t26-,27?/m0/s1. The van der Waals surface area contributed by atoms with E-state index in [9.17, 15) is 19.2 Å². The SMILES string of the molecule is CC(=O)N[C@@H](CC(=O)N(c1ccccc1)C(CCc1ccccc1)C(=O)COCc1ccccc1)C(N)=O. The molecule has 8 nitrogen and oxygen atoms in total. The third-order valence-electron chi connectivity index (χ3n) is 5.99. The fraction of sp³-hybridized carbons (Fsp3) is 0.267. The Morgan fingerprint density at radius 1 is 0.842 bits per heavy atom. The zero-order valence-electron chi connectivity index (χ0n) is 21.4. The van der Waals surface area contributed by atoms with Crippen LogP contribution in [0.4, 0.5) is 5.69 Å². The van der Waals surface area contributed by atoms with Gasteiger partial charge >= 0.3 is 0 Å². The van der Waals surface area contributed by atoms with Crippen molar-refractivity contribution in [2.45, 2.75) is 44.9 Å². The van der Waals surface area contributed by atoms with Crippen molar-refractivity contribution in [1.29, 1.82) is 0 Å². The smallest absolute Gasteiger partial charge is 0.240 e. The largest absolute Gasteiger partial charge is 0.369 e. The fourth-order valence-corrected chi connectivity index (χ4v) is 4.15. The Balaban J connectivity index is 1.88. The lowest BCUT2D eigenvalue weighted by Gasteiger charge is -2.32. The highest BCUT2D eigenvalue weighted by atomic mass is 16.5. The van der Waals surface area contributed by atoms with E-state index in [0.29, 0.717) is 18.5 Å². The zero-order valence-corrected chi connectivity index (χ0v) is 21.4. The van der Waals surface area contributed by atoms with Gasteiger partial charge in [-0.1, -0.05) is 78.9 Å². The number of aryl methyl sites for hydroxylation is 1. The van der Waals surface area contributed by atoms with Crippen molar-refractivity contribution in [3.8, 4) is 0 Å². The first-order valence-corrected chi connectivity index (χ1v) is 12.5. The Hall–Kier alpha value is -4.30. The van der Waals surface area contributed by atoms with Crippen LogP contribution < -0.4 is 16.0 Å². The molecule has 0 aliphatic rings. The molecule has 0 bridgehead atoms. The van der Waals surface area contributed by atoms with Gasteiger partial charge in [-0.25, -0.2) is 0 Å². The van der Waals surface area contributed by atoms with E-state index in [2.05, 4.69) is 5.32 Å². The highest BCUT2D eigenvalue weighted by molar-refractivity contribution is 6.03. The number of hydrogen-bond donors (Lipinski definition) is 2. The quantitative estimate of drug-likeness (QED) is 0.342. The van der Waals surface area contributed by atoms with Crippen LogP contribution in [0.5, 0.6) is 0 Å². The van der Waals surface area contributed by atoms with Crippen LogP contribution in [0.3, 0.4) is 0 Å². The molecule has 0 aromatic heterocycles. The van der Waals surface area contributed by atoms with E-state index in [4.69, 9.17) is 10.5 Å². The number of anilines is 1. The summed E-state index contributed by atoms with van der Waals surface area (Å²) >= 11 is 0. The average Bonchev–Trinajstić information content (AvgIpc) is 2.91. The first-order valence-electron chi connectivity index (χ1n) is 12.5. The van der Waals surface area contributed by atoms with E-state index in [1.807, 2.05) is 60.7 Å². The number of ether oxygens (including phenoxy) is 1. The average molecular weight is 516 g/mol. The van der Waals surface area contributed by atoms with Crippen molar-refractivity contribution in [2.75, 3.05) is 11.5 Å². The van der Waals surface area contributed by atoms with Gasteiger partial charge < -0.3 is 20.7 Å². The Morgan fingerprint density at radius 2 is 1.39 bits per heavy atom. The number of para-hydroxylation sites is 1. The van der Waals surface area contributed by atoms with E-state index >= 15 is 0 Å². The van der Waals surface area contributed by atoms with Gasteiger partial charge in [0.05, 0.1) is 19.1 Å². The highest BCUT2D eigenvalue weighted by Crippen LogP contribution is 2.23. The predicted molar refractivity (Wildman–Crippen MR) is 145 cm³/mol. The molecule has 198 valence electrons. The normalized spacial score (nSPS) is 12.2. The zero-order chi connectivity index (χ0) is 27.3. The molecular formula is C30H33N3O5. The minimum absolute atomic E-state index is 0.199. The summed E-state index contributed by atoms with van der Waals surface area (Å²) in [6, 6.07) is 25.9. The molecule has 0 aliphatic carbocycles. The van der Waals surface area contributed by atoms with Crippen molar-refractivity contribution in [3.63, 3.8) is 0 Å². The summed E-state index contributed by atoms with van der Waals surface area (Å²) in [6.07, 6.45) is 0.487. The number of carbonyl (C=O) groups is 4. The molecular weight excluding hydrogens is 482 g/mol. The fourth-order valence-electron chi connectivity index (χ4n) is 4.15. The molecule has 0 saturated heterocycles. The lowest BCUT2D eigenvalue weighted by atomic mass is 9.99. The number of nitrogens with two attached hydrogens (primary N) is 1. The molecule has 8 heteroatoms. The number of carbonyl (C=O) groups excluding carboxylic acids is 4. The maximum atomic E-state index is 13.7. The summed E-state index contributed by atoms with van der Waals surface area (Å²) in [5.74, 6) is -2.11. The lowest BCUT2D eigenvalue weighted by molar-refractivity contribution is -0.131. The van der Waals surface area contributed by atoms with Gasteiger partial charge in [0.15, 0.2) is 5.78 Å². The van der Waals surface area contributed by atoms with E-state index < -0.39 is 29.8 Å². The van der Waals surface area contributed by atoms with Gasteiger partial charge in [-0.15, -0.1) is 0 Å². The van der Waals surface area contributed by atoms with Crippen molar-refractivity contribution in [1.82, 2.24) is 5.32 Å². The molecule has 0 heterocycles. The topological polar surface area (TPSA) is 119 Å². The number of nitrogens with one attached hydrogen (secondary N) is 1. The van der Waals surface area contributed by atoms with E-state index in [0.717, 1.165) is 11.1 Å². The molecule has 0 aliphatic heterocycles. The van der Waals surface area contributed by atoms with Gasteiger partial charge in [0.25, 0.3) is 0 Å². The van der Waals surface area contributed by atoms with Crippen molar-refractivity contribution in [3.05, 3.63) is 102 Å². The maximum Gasteiger partial charge on any atom is 0.240 e. The van der Waals surface area contributed by atoms with Crippen molar-refractivity contribution >= 4 is 29.2 Å². The molecule has 38 heavy (non-hydrogen) atoms. The summed E-state index contributed by atoms with van der Waals surface area (Å²) in [6.45, 7) is 1.30. The van der Waals surface area contributed by atoms with Crippen LogP contribution in [0, 0.1) is 0 Å². The monoisotopic (exact) mass is 515 g/mol. The van der Waals surface area contributed by atoms with Gasteiger partial charge in [0.1, 0.15) is 12.6 Å². The summed E-state index contributed by atoms with van der Waals surface area (Å²) < 4.78 is 5.73. The Morgan fingerprint density at radius 3 is 1.95 bits per heavy atom. The maximum absolute atomic E-state index is 13.7. The lowest BCUT2D eigenvalue weighted by Crippen LogP contribution is -2.51. The second-order valence-corrected chi connectivity index (χ2v) is 8.94. The summed E-state index contributed by atoms with van der Waals surface area (Å²) in [4.78, 5) is 52.2. The Labute approximate surface area is 222 Å². The summed E-state index contributed by atoms with van der Waals surface area (Å²) in [5.41, 5.74) is 7.90. The molecule has 3 aromatic rings. The van der Waals surface area contributed by atoms with E-state index in [1.54, 1.807) is 30.3 Å². The summed E-state index contributed by atoms with van der Waals surface area (Å²) in [5, 5.41) is 2.42. The number of hydrogen-bond acceptors (Lipinski definition) is 5. The third kappa shape index (κ3) is 8.67. The van der Waals surface area contributed by atoms with Gasteiger partial charge in [-0.2, -0.15) is 0 Å². The minimum atomic E-state index is -1.20. The number of amides is 3. The summed E-state index contributed by atoms with van der Waals surface area (Å²) in [7, 11) is 0.